The van der Waals surface area contributed by atoms with Crippen molar-refractivity contribution in [2.75, 3.05) is 26.1 Å². The molecule has 0 saturated carbocycles. The Morgan fingerprint density at radius 2 is 1.33 bits per heavy atom. The number of rotatable bonds is 7. The van der Waals surface area contributed by atoms with E-state index in [2.05, 4.69) is 5.32 Å². The van der Waals surface area contributed by atoms with E-state index in [0.29, 0.717) is 0 Å². The van der Waals surface area contributed by atoms with Crippen molar-refractivity contribution in [1.82, 2.24) is 0 Å². The number of halogens is 5. The van der Waals surface area contributed by atoms with Gasteiger partial charge in [0.15, 0.2) is 23.3 Å². The van der Waals surface area contributed by atoms with Crippen molar-refractivity contribution in [3.8, 4) is 0 Å². The molecule has 21 heavy (non-hydrogen) atoms. The first kappa shape index (κ1) is 17.8. The SMILES string of the molecule is CO[SiH](OC)OC(C)CNc1c(F)c(F)c(F)c(F)c1F. The average Bonchev–Trinajstić information content (AvgIpc) is 2.48. The van der Waals surface area contributed by atoms with Gasteiger partial charge < -0.3 is 18.6 Å². The number of anilines is 1. The summed E-state index contributed by atoms with van der Waals surface area (Å²) in [7, 11) is 0.368. The minimum atomic E-state index is -2.36. The van der Waals surface area contributed by atoms with Gasteiger partial charge in [0.2, 0.25) is 5.82 Å². The van der Waals surface area contributed by atoms with Crippen molar-refractivity contribution in [2.45, 2.75) is 13.0 Å². The van der Waals surface area contributed by atoms with E-state index < -0.39 is 50.4 Å². The van der Waals surface area contributed by atoms with Gasteiger partial charge >= 0.3 is 9.53 Å². The van der Waals surface area contributed by atoms with Crippen LogP contribution < -0.4 is 5.32 Å². The lowest BCUT2D eigenvalue weighted by Gasteiger charge is -2.19. The molecule has 0 fully saturated rings. The Morgan fingerprint density at radius 3 is 1.76 bits per heavy atom. The second kappa shape index (κ2) is 7.68. The lowest BCUT2D eigenvalue weighted by atomic mass is 10.2. The predicted molar refractivity (Wildman–Crippen MR) is 66.4 cm³/mol. The quantitative estimate of drug-likeness (QED) is 0.360. The smallest absolute Gasteiger partial charge is 0.379 e. The first-order valence-electron chi connectivity index (χ1n) is 5.79. The molecule has 0 bridgehead atoms. The fourth-order valence-electron chi connectivity index (χ4n) is 1.45. The molecule has 0 spiro atoms. The summed E-state index contributed by atoms with van der Waals surface area (Å²) in [5.41, 5.74) is -1.10. The molecule has 10 heteroatoms. The molecule has 1 aromatic rings. The molecule has 1 unspecified atom stereocenters. The van der Waals surface area contributed by atoms with E-state index in [4.69, 9.17) is 13.3 Å². The molecule has 1 rings (SSSR count). The molecule has 1 atom stereocenters. The Morgan fingerprint density at radius 1 is 0.905 bits per heavy atom. The van der Waals surface area contributed by atoms with Crippen LogP contribution in [0.1, 0.15) is 6.92 Å². The molecule has 0 aliphatic carbocycles. The van der Waals surface area contributed by atoms with E-state index >= 15 is 0 Å². The first-order valence-corrected chi connectivity index (χ1v) is 7.21. The van der Waals surface area contributed by atoms with Crippen molar-refractivity contribution in [1.29, 1.82) is 0 Å². The maximum absolute atomic E-state index is 13.4. The van der Waals surface area contributed by atoms with Crippen LogP contribution in [0.15, 0.2) is 0 Å². The molecule has 0 saturated heterocycles. The highest BCUT2D eigenvalue weighted by molar-refractivity contribution is 6.36. The maximum atomic E-state index is 13.4. The number of nitrogens with one attached hydrogen (secondary N) is 1. The van der Waals surface area contributed by atoms with Crippen molar-refractivity contribution in [3.05, 3.63) is 29.1 Å². The van der Waals surface area contributed by atoms with Crippen LogP contribution in [0, 0.1) is 29.1 Å². The Bertz CT molecular complexity index is 472. The molecule has 4 nitrogen and oxygen atoms in total. The lowest BCUT2D eigenvalue weighted by Crippen LogP contribution is -2.32. The normalized spacial score (nSPS) is 12.8. The molecule has 1 N–H and O–H groups in total. The lowest BCUT2D eigenvalue weighted by molar-refractivity contribution is 0.101. The van der Waals surface area contributed by atoms with Gasteiger partial charge in [0.05, 0.1) is 6.10 Å². The van der Waals surface area contributed by atoms with E-state index in [1.807, 2.05) is 0 Å². The van der Waals surface area contributed by atoms with E-state index in [9.17, 15) is 22.0 Å². The Balaban J connectivity index is 2.81. The minimum Gasteiger partial charge on any atom is -0.379 e. The van der Waals surface area contributed by atoms with Gasteiger partial charge in [-0.05, 0) is 6.92 Å². The van der Waals surface area contributed by atoms with Gasteiger partial charge in [-0.1, -0.05) is 0 Å². The van der Waals surface area contributed by atoms with Crippen LogP contribution in [-0.4, -0.2) is 36.4 Å². The third-order valence-corrected chi connectivity index (χ3v) is 3.96. The van der Waals surface area contributed by atoms with E-state index in [0.717, 1.165) is 0 Å². The van der Waals surface area contributed by atoms with Crippen LogP contribution in [0.4, 0.5) is 27.6 Å². The van der Waals surface area contributed by atoms with Gasteiger partial charge in [0.1, 0.15) is 5.69 Å². The average molecular weight is 331 g/mol. The number of hydrogen-bond donors (Lipinski definition) is 1. The third-order valence-electron chi connectivity index (χ3n) is 2.50. The van der Waals surface area contributed by atoms with Crippen molar-refractivity contribution in [3.63, 3.8) is 0 Å². The zero-order chi connectivity index (χ0) is 16.2. The molecule has 0 radical (unpaired) electrons. The largest absolute Gasteiger partial charge is 0.483 e. The highest BCUT2D eigenvalue weighted by atomic mass is 28.3. The van der Waals surface area contributed by atoms with Crippen LogP contribution in [0.5, 0.6) is 0 Å². The fourth-order valence-corrected chi connectivity index (χ4v) is 2.34. The van der Waals surface area contributed by atoms with Crippen LogP contribution in [0.3, 0.4) is 0 Å². The van der Waals surface area contributed by atoms with Crippen LogP contribution in [0.25, 0.3) is 0 Å². The molecule has 0 aliphatic rings. The van der Waals surface area contributed by atoms with Gasteiger partial charge in [-0.3, -0.25) is 0 Å². The molecule has 0 amide bonds. The van der Waals surface area contributed by atoms with Crippen LogP contribution in [-0.2, 0) is 13.3 Å². The Kier molecular flexibility index (Phi) is 6.52. The summed E-state index contributed by atoms with van der Waals surface area (Å²) < 4.78 is 80.6. The molecular weight excluding hydrogens is 317 g/mol. The summed E-state index contributed by atoms with van der Waals surface area (Å²) in [6.07, 6.45) is -0.628. The van der Waals surface area contributed by atoms with Gasteiger partial charge in [-0.2, -0.15) is 0 Å². The van der Waals surface area contributed by atoms with Gasteiger partial charge in [-0.25, -0.2) is 22.0 Å². The number of benzene rings is 1. The van der Waals surface area contributed by atoms with Crippen molar-refractivity contribution < 1.29 is 35.2 Å². The summed E-state index contributed by atoms with van der Waals surface area (Å²) in [4.78, 5) is 0. The van der Waals surface area contributed by atoms with E-state index in [-0.39, 0.29) is 6.54 Å². The standard InChI is InChI=1S/C11H14F5NO3Si/c1-5(20-21(18-2)19-3)4-17-11-9(15)7(13)6(12)8(14)10(11)16/h5,17,21H,4H2,1-3H3. The highest BCUT2D eigenvalue weighted by Crippen LogP contribution is 2.27. The maximum Gasteiger partial charge on any atom is 0.483 e. The summed E-state index contributed by atoms with van der Waals surface area (Å²) in [6.45, 7) is 1.33. The number of hydrogen-bond acceptors (Lipinski definition) is 4. The molecule has 0 aliphatic heterocycles. The molecule has 1 aromatic carbocycles. The summed E-state index contributed by atoms with van der Waals surface area (Å²) in [5, 5.41) is 2.13. The zero-order valence-electron chi connectivity index (χ0n) is 11.5. The van der Waals surface area contributed by atoms with Gasteiger partial charge in [0.25, 0.3) is 0 Å². The molecule has 0 heterocycles. The zero-order valence-corrected chi connectivity index (χ0v) is 12.6. The van der Waals surface area contributed by atoms with Crippen molar-refractivity contribution in [2.24, 2.45) is 0 Å². The van der Waals surface area contributed by atoms with Crippen LogP contribution >= 0.6 is 0 Å². The summed E-state index contributed by atoms with van der Waals surface area (Å²) >= 11 is 0. The van der Waals surface area contributed by atoms with Crippen molar-refractivity contribution >= 4 is 15.2 Å². The van der Waals surface area contributed by atoms with E-state index in [1.54, 1.807) is 0 Å². The van der Waals surface area contributed by atoms with Crippen LogP contribution in [0.2, 0.25) is 0 Å². The molecular formula is C11H14F5NO3Si. The third kappa shape index (κ3) is 4.12. The minimum absolute atomic E-state index is 0.200. The predicted octanol–water partition coefficient (Wildman–Crippen LogP) is 2.21. The van der Waals surface area contributed by atoms with Gasteiger partial charge in [-0.15, -0.1) is 0 Å². The Hall–Kier alpha value is -1.23. The second-order valence-electron chi connectivity index (χ2n) is 4.03. The van der Waals surface area contributed by atoms with E-state index in [1.165, 1.54) is 21.1 Å². The first-order chi connectivity index (χ1) is 9.83. The van der Waals surface area contributed by atoms with Gasteiger partial charge in [0, 0.05) is 20.8 Å². The second-order valence-corrected chi connectivity index (χ2v) is 5.82. The highest BCUT2D eigenvalue weighted by Gasteiger charge is 2.26. The molecule has 120 valence electrons. The molecule has 0 aromatic heterocycles. The summed E-state index contributed by atoms with van der Waals surface area (Å²) in [5.74, 6) is -10.1. The monoisotopic (exact) mass is 331 g/mol. The fraction of sp³-hybridized carbons (Fsp3) is 0.455. The summed E-state index contributed by atoms with van der Waals surface area (Å²) in [6, 6.07) is 0. The topological polar surface area (TPSA) is 39.7 Å². The Labute approximate surface area is 119 Å².